The fourth-order valence-corrected chi connectivity index (χ4v) is 0.840. The van der Waals surface area contributed by atoms with Crippen LogP contribution in [0.2, 0.25) is 0 Å². The number of carbonyl (C=O) groups is 1. The molecule has 4 heteroatoms. The van der Waals surface area contributed by atoms with Crippen LogP contribution in [0.1, 0.15) is 6.42 Å². The van der Waals surface area contributed by atoms with Gasteiger partial charge in [0, 0.05) is 0 Å². The predicted octanol–water partition coefficient (Wildman–Crippen LogP) is 0.467. The first-order chi connectivity index (χ1) is 4.20. The number of carboxylic acid groups (broad SMARTS) is 1. The number of hydrogen-bond donors (Lipinski definition) is 1. The van der Waals surface area contributed by atoms with E-state index in [1.165, 1.54) is 0 Å². The van der Waals surface area contributed by atoms with E-state index in [0.29, 0.717) is 6.61 Å². The lowest BCUT2D eigenvalue weighted by Gasteiger charge is -1.98. The van der Waals surface area contributed by atoms with E-state index in [1.807, 2.05) is 0 Å². The molecule has 0 amide bonds. The number of ether oxygens (including phenoxy) is 1. The zero-order chi connectivity index (χ0) is 6.85. The van der Waals surface area contributed by atoms with Crippen molar-refractivity contribution >= 4 is 17.6 Å². The van der Waals surface area contributed by atoms with E-state index in [-0.39, 0.29) is 17.9 Å². The van der Waals surface area contributed by atoms with E-state index in [9.17, 15) is 4.79 Å². The summed E-state index contributed by atoms with van der Waals surface area (Å²) in [5.41, 5.74) is 0. The SMILES string of the molecule is O=C(O)CC(Cl)C1CO1. The minimum atomic E-state index is -0.870. The van der Waals surface area contributed by atoms with Gasteiger partial charge in [-0.15, -0.1) is 11.6 Å². The summed E-state index contributed by atoms with van der Waals surface area (Å²) in [4.78, 5) is 10.0. The second-order valence-electron chi connectivity index (χ2n) is 1.99. The molecule has 0 saturated carbocycles. The first kappa shape index (κ1) is 6.83. The van der Waals surface area contributed by atoms with E-state index in [0.717, 1.165) is 0 Å². The van der Waals surface area contributed by atoms with Crippen molar-refractivity contribution in [2.24, 2.45) is 0 Å². The Bertz CT molecular complexity index is 121. The fourth-order valence-electron chi connectivity index (χ4n) is 0.563. The lowest BCUT2D eigenvalue weighted by atomic mass is 10.2. The van der Waals surface area contributed by atoms with Crippen molar-refractivity contribution in [1.29, 1.82) is 0 Å². The van der Waals surface area contributed by atoms with E-state index in [2.05, 4.69) is 0 Å². The first-order valence-electron chi connectivity index (χ1n) is 2.67. The number of alkyl halides is 1. The average Bonchev–Trinajstić information content (AvgIpc) is 2.40. The van der Waals surface area contributed by atoms with Gasteiger partial charge in [0.25, 0.3) is 0 Å². The third kappa shape index (κ3) is 2.20. The molecule has 0 aromatic heterocycles. The lowest BCUT2D eigenvalue weighted by Crippen LogP contribution is -2.12. The number of hydrogen-bond acceptors (Lipinski definition) is 2. The zero-order valence-electron chi connectivity index (χ0n) is 4.71. The van der Waals surface area contributed by atoms with Gasteiger partial charge in [0.1, 0.15) is 0 Å². The van der Waals surface area contributed by atoms with Gasteiger partial charge in [-0.25, -0.2) is 0 Å². The molecule has 0 aliphatic carbocycles. The molecule has 3 nitrogen and oxygen atoms in total. The van der Waals surface area contributed by atoms with Crippen molar-refractivity contribution in [2.75, 3.05) is 6.61 Å². The van der Waals surface area contributed by atoms with Crippen molar-refractivity contribution in [2.45, 2.75) is 17.9 Å². The second kappa shape index (κ2) is 2.54. The highest BCUT2D eigenvalue weighted by molar-refractivity contribution is 6.22. The van der Waals surface area contributed by atoms with Crippen LogP contribution in [0.25, 0.3) is 0 Å². The van der Waals surface area contributed by atoms with Crippen LogP contribution >= 0.6 is 11.6 Å². The van der Waals surface area contributed by atoms with Crippen LogP contribution < -0.4 is 0 Å². The first-order valence-corrected chi connectivity index (χ1v) is 3.11. The quantitative estimate of drug-likeness (QED) is 0.470. The molecule has 0 bridgehead atoms. The van der Waals surface area contributed by atoms with Crippen LogP contribution in [-0.2, 0) is 9.53 Å². The number of halogens is 1. The normalized spacial score (nSPS) is 27.4. The maximum atomic E-state index is 10.0. The Morgan fingerprint density at radius 2 is 2.56 bits per heavy atom. The Labute approximate surface area is 57.6 Å². The molecule has 2 atom stereocenters. The Morgan fingerprint density at radius 3 is 2.89 bits per heavy atom. The van der Waals surface area contributed by atoms with Crippen molar-refractivity contribution in [3.63, 3.8) is 0 Å². The van der Waals surface area contributed by atoms with Gasteiger partial charge in [-0.2, -0.15) is 0 Å². The van der Waals surface area contributed by atoms with Gasteiger partial charge in [0.2, 0.25) is 0 Å². The zero-order valence-corrected chi connectivity index (χ0v) is 5.47. The topological polar surface area (TPSA) is 49.8 Å². The van der Waals surface area contributed by atoms with Crippen LogP contribution in [-0.4, -0.2) is 29.2 Å². The van der Waals surface area contributed by atoms with Crippen LogP contribution in [0, 0.1) is 0 Å². The summed E-state index contributed by atoms with van der Waals surface area (Å²) in [7, 11) is 0. The lowest BCUT2D eigenvalue weighted by molar-refractivity contribution is -0.137. The Hall–Kier alpha value is -0.280. The maximum absolute atomic E-state index is 10.0. The molecule has 0 aromatic carbocycles. The Kier molecular flexibility index (Phi) is 1.93. The summed E-state index contributed by atoms with van der Waals surface area (Å²) in [6.07, 6.45) is -0.0190. The highest BCUT2D eigenvalue weighted by atomic mass is 35.5. The third-order valence-electron chi connectivity index (χ3n) is 1.13. The van der Waals surface area contributed by atoms with Crippen LogP contribution in [0.15, 0.2) is 0 Å². The largest absolute Gasteiger partial charge is 0.481 e. The van der Waals surface area contributed by atoms with E-state index < -0.39 is 5.97 Å². The van der Waals surface area contributed by atoms with Gasteiger partial charge >= 0.3 is 5.97 Å². The molecule has 0 aromatic rings. The van der Waals surface area contributed by atoms with Gasteiger partial charge in [-0.05, 0) is 0 Å². The predicted molar refractivity (Wildman–Crippen MR) is 31.6 cm³/mol. The molecular weight excluding hydrogens is 144 g/mol. The van der Waals surface area contributed by atoms with Gasteiger partial charge in [-0.1, -0.05) is 0 Å². The number of aliphatic carboxylic acids is 1. The maximum Gasteiger partial charge on any atom is 0.304 e. The van der Waals surface area contributed by atoms with Gasteiger partial charge in [-0.3, -0.25) is 4.79 Å². The van der Waals surface area contributed by atoms with Crippen molar-refractivity contribution < 1.29 is 14.6 Å². The van der Waals surface area contributed by atoms with Crippen molar-refractivity contribution in [3.8, 4) is 0 Å². The summed E-state index contributed by atoms with van der Waals surface area (Å²) in [5, 5.41) is 7.88. The summed E-state index contributed by atoms with van der Waals surface area (Å²) in [5.74, 6) is -0.870. The number of carboxylic acids is 1. The van der Waals surface area contributed by atoms with Crippen LogP contribution in [0.3, 0.4) is 0 Å². The van der Waals surface area contributed by atoms with Crippen molar-refractivity contribution in [3.05, 3.63) is 0 Å². The second-order valence-corrected chi connectivity index (χ2v) is 2.55. The highest BCUT2D eigenvalue weighted by Crippen LogP contribution is 2.21. The molecule has 1 N–H and O–H groups in total. The van der Waals surface area contributed by atoms with Crippen LogP contribution in [0.5, 0.6) is 0 Å². The molecular formula is C5H7ClO3. The van der Waals surface area contributed by atoms with E-state index in [4.69, 9.17) is 21.4 Å². The number of rotatable bonds is 3. The highest BCUT2D eigenvalue weighted by Gasteiger charge is 2.32. The van der Waals surface area contributed by atoms with Gasteiger partial charge in [0.05, 0.1) is 24.5 Å². The van der Waals surface area contributed by atoms with E-state index in [1.54, 1.807) is 0 Å². The summed E-state index contributed by atoms with van der Waals surface area (Å²) < 4.78 is 4.78. The molecule has 1 heterocycles. The molecule has 1 saturated heterocycles. The molecule has 1 aliphatic heterocycles. The minimum absolute atomic E-state index is 0.00772. The van der Waals surface area contributed by atoms with Crippen molar-refractivity contribution in [1.82, 2.24) is 0 Å². The molecule has 1 rings (SSSR count). The molecule has 0 radical (unpaired) electrons. The van der Waals surface area contributed by atoms with E-state index >= 15 is 0 Å². The Balaban J connectivity index is 2.17. The molecule has 2 unspecified atom stereocenters. The van der Waals surface area contributed by atoms with Crippen LogP contribution in [0.4, 0.5) is 0 Å². The minimum Gasteiger partial charge on any atom is -0.481 e. The molecule has 9 heavy (non-hydrogen) atoms. The fraction of sp³-hybridized carbons (Fsp3) is 0.800. The summed E-state index contributed by atoms with van der Waals surface area (Å²) in [6.45, 7) is 0.613. The third-order valence-corrected chi connectivity index (χ3v) is 1.57. The monoisotopic (exact) mass is 150 g/mol. The molecule has 0 spiro atoms. The average molecular weight is 151 g/mol. The summed E-state index contributed by atoms with van der Waals surface area (Å²) >= 11 is 5.57. The summed E-state index contributed by atoms with van der Waals surface area (Å²) in [6, 6.07) is 0. The smallest absolute Gasteiger partial charge is 0.304 e. The van der Waals surface area contributed by atoms with Gasteiger partial charge < -0.3 is 9.84 Å². The Morgan fingerprint density at radius 1 is 2.00 bits per heavy atom. The molecule has 1 fully saturated rings. The number of epoxide rings is 1. The van der Waals surface area contributed by atoms with Gasteiger partial charge in [0.15, 0.2) is 0 Å². The molecule has 1 aliphatic rings. The standard InChI is InChI=1S/C5H7ClO3/c6-3(1-5(7)8)4-2-9-4/h3-4H,1-2H2,(H,7,8). The molecule has 52 valence electrons.